The zero-order chi connectivity index (χ0) is 9.68. The van der Waals surface area contributed by atoms with Crippen molar-refractivity contribution in [2.45, 2.75) is 13.2 Å². The Hall–Kier alpha value is -1.09. The summed E-state index contributed by atoms with van der Waals surface area (Å²) in [7, 11) is 3.39. The van der Waals surface area contributed by atoms with Gasteiger partial charge in [0.15, 0.2) is 0 Å². The minimum absolute atomic E-state index is 0.485. The summed E-state index contributed by atoms with van der Waals surface area (Å²) in [6, 6.07) is 5.53. The predicted molar refractivity (Wildman–Crippen MR) is 50.6 cm³/mol. The van der Waals surface area contributed by atoms with Crippen LogP contribution in [0.2, 0.25) is 0 Å². The first kappa shape index (κ1) is 9.99. The van der Waals surface area contributed by atoms with Gasteiger partial charge in [-0.2, -0.15) is 0 Å². The number of rotatable bonds is 4. The third-order valence-electron chi connectivity index (χ3n) is 1.95. The molecule has 0 saturated carbocycles. The summed E-state index contributed by atoms with van der Waals surface area (Å²) >= 11 is 0. The number of hydrogen-bond acceptors (Lipinski definition) is 2. The van der Waals surface area contributed by atoms with Crippen LogP contribution in [0.1, 0.15) is 11.1 Å². The van der Waals surface area contributed by atoms with Crippen molar-refractivity contribution in [1.82, 2.24) is 5.32 Å². The Morgan fingerprint density at radius 3 is 2.77 bits per heavy atom. The lowest BCUT2D eigenvalue weighted by atomic mass is 10.1. The highest BCUT2D eigenvalue weighted by Gasteiger charge is 2.06. The van der Waals surface area contributed by atoms with Gasteiger partial charge in [-0.15, -0.1) is 0 Å². The molecule has 13 heavy (non-hydrogen) atoms. The minimum Gasteiger partial charge on any atom is -0.496 e. The van der Waals surface area contributed by atoms with Gasteiger partial charge in [-0.1, -0.05) is 12.1 Å². The number of nitrogens with one attached hydrogen (secondary N) is 1. The maximum absolute atomic E-state index is 12.6. The zero-order valence-electron chi connectivity index (χ0n) is 7.93. The average molecular weight is 183 g/mol. The van der Waals surface area contributed by atoms with E-state index >= 15 is 0 Å². The van der Waals surface area contributed by atoms with E-state index in [1.165, 1.54) is 0 Å². The molecule has 0 aromatic heterocycles. The smallest absolute Gasteiger partial charge is 0.125 e. The molecule has 0 spiro atoms. The molecule has 0 radical (unpaired) electrons. The van der Waals surface area contributed by atoms with Gasteiger partial charge in [-0.05, 0) is 18.7 Å². The number of benzene rings is 1. The van der Waals surface area contributed by atoms with Gasteiger partial charge in [0.25, 0.3) is 0 Å². The summed E-state index contributed by atoms with van der Waals surface area (Å²) in [5.41, 5.74) is 1.59. The summed E-state index contributed by atoms with van der Waals surface area (Å²) in [6.07, 6.45) is 0. The molecule has 1 rings (SSSR count). The summed E-state index contributed by atoms with van der Waals surface area (Å²) in [5, 5.41) is 2.99. The second-order valence-corrected chi connectivity index (χ2v) is 2.76. The lowest BCUT2D eigenvalue weighted by Crippen LogP contribution is -2.08. The molecule has 2 nitrogen and oxygen atoms in total. The van der Waals surface area contributed by atoms with Crippen LogP contribution in [0.5, 0.6) is 5.75 Å². The van der Waals surface area contributed by atoms with Crippen LogP contribution in [-0.2, 0) is 13.2 Å². The van der Waals surface area contributed by atoms with E-state index in [4.69, 9.17) is 4.74 Å². The Morgan fingerprint density at radius 1 is 1.46 bits per heavy atom. The van der Waals surface area contributed by atoms with E-state index in [1.54, 1.807) is 13.2 Å². The molecule has 0 bridgehead atoms. The molecular formula is C10H14FNO. The zero-order valence-corrected chi connectivity index (χ0v) is 7.93. The summed E-state index contributed by atoms with van der Waals surface area (Å²) in [4.78, 5) is 0. The van der Waals surface area contributed by atoms with Crippen LogP contribution in [0.3, 0.4) is 0 Å². The Balaban J connectivity index is 3.03. The van der Waals surface area contributed by atoms with Crippen molar-refractivity contribution < 1.29 is 9.13 Å². The summed E-state index contributed by atoms with van der Waals surface area (Å²) < 4.78 is 17.7. The van der Waals surface area contributed by atoms with Crippen LogP contribution < -0.4 is 10.1 Å². The van der Waals surface area contributed by atoms with Gasteiger partial charge in [-0.3, -0.25) is 0 Å². The van der Waals surface area contributed by atoms with E-state index in [2.05, 4.69) is 5.32 Å². The summed E-state index contributed by atoms with van der Waals surface area (Å²) in [6.45, 7) is 0.178. The van der Waals surface area contributed by atoms with E-state index in [9.17, 15) is 4.39 Å². The van der Waals surface area contributed by atoms with Gasteiger partial charge >= 0.3 is 0 Å². The van der Waals surface area contributed by atoms with Crippen LogP contribution >= 0.6 is 0 Å². The molecule has 0 amide bonds. The molecule has 1 N–H and O–H groups in total. The van der Waals surface area contributed by atoms with Crippen molar-refractivity contribution in [2.75, 3.05) is 14.2 Å². The SMILES string of the molecule is CNCc1cccc(OC)c1CF. The fourth-order valence-electron chi connectivity index (χ4n) is 1.31. The first-order chi connectivity index (χ1) is 6.33. The third-order valence-corrected chi connectivity index (χ3v) is 1.95. The molecule has 0 aliphatic carbocycles. The van der Waals surface area contributed by atoms with Crippen molar-refractivity contribution in [3.05, 3.63) is 29.3 Å². The fraction of sp³-hybridized carbons (Fsp3) is 0.400. The second-order valence-electron chi connectivity index (χ2n) is 2.76. The van der Waals surface area contributed by atoms with Crippen LogP contribution in [0, 0.1) is 0 Å². The van der Waals surface area contributed by atoms with Crippen molar-refractivity contribution >= 4 is 0 Å². The average Bonchev–Trinajstić information content (AvgIpc) is 2.18. The lowest BCUT2D eigenvalue weighted by molar-refractivity contribution is 0.392. The molecule has 0 heterocycles. The van der Waals surface area contributed by atoms with E-state index in [1.807, 2.05) is 19.2 Å². The number of ether oxygens (including phenoxy) is 1. The van der Waals surface area contributed by atoms with Gasteiger partial charge in [0.1, 0.15) is 12.4 Å². The Morgan fingerprint density at radius 2 is 2.23 bits per heavy atom. The van der Waals surface area contributed by atoms with E-state index in [-0.39, 0.29) is 0 Å². The second kappa shape index (κ2) is 4.82. The Bertz CT molecular complexity index is 276. The molecule has 0 unspecified atom stereocenters. The van der Waals surface area contributed by atoms with Gasteiger partial charge < -0.3 is 10.1 Å². The minimum atomic E-state index is -0.485. The maximum Gasteiger partial charge on any atom is 0.125 e. The van der Waals surface area contributed by atoms with Crippen molar-refractivity contribution in [2.24, 2.45) is 0 Å². The maximum atomic E-state index is 12.6. The highest BCUT2D eigenvalue weighted by atomic mass is 19.1. The molecule has 0 aliphatic heterocycles. The first-order valence-electron chi connectivity index (χ1n) is 4.18. The van der Waals surface area contributed by atoms with Gasteiger partial charge in [-0.25, -0.2) is 4.39 Å². The van der Waals surface area contributed by atoms with Crippen molar-refractivity contribution in [3.8, 4) is 5.75 Å². The monoisotopic (exact) mass is 183 g/mol. The highest BCUT2D eigenvalue weighted by Crippen LogP contribution is 2.22. The number of halogens is 1. The molecule has 1 aromatic carbocycles. The van der Waals surface area contributed by atoms with E-state index in [0.29, 0.717) is 17.9 Å². The highest BCUT2D eigenvalue weighted by molar-refractivity contribution is 5.39. The van der Waals surface area contributed by atoms with Gasteiger partial charge in [0.05, 0.1) is 7.11 Å². The van der Waals surface area contributed by atoms with E-state index in [0.717, 1.165) is 5.56 Å². The summed E-state index contributed by atoms with van der Waals surface area (Å²) in [5.74, 6) is 0.621. The van der Waals surface area contributed by atoms with Crippen LogP contribution in [0.15, 0.2) is 18.2 Å². The van der Waals surface area contributed by atoms with Crippen molar-refractivity contribution in [1.29, 1.82) is 0 Å². The molecule has 0 fully saturated rings. The predicted octanol–water partition coefficient (Wildman–Crippen LogP) is 1.88. The van der Waals surface area contributed by atoms with Gasteiger partial charge in [0.2, 0.25) is 0 Å². The van der Waals surface area contributed by atoms with E-state index < -0.39 is 6.67 Å². The Labute approximate surface area is 77.7 Å². The molecular weight excluding hydrogens is 169 g/mol. The molecule has 72 valence electrons. The lowest BCUT2D eigenvalue weighted by Gasteiger charge is -2.10. The number of alkyl halides is 1. The fourth-order valence-corrected chi connectivity index (χ4v) is 1.31. The number of hydrogen-bond donors (Lipinski definition) is 1. The Kier molecular flexibility index (Phi) is 3.71. The topological polar surface area (TPSA) is 21.3 Å². The first-order valence-corrected chi connectivity index (χ1v) is 4.18. The van der Waals surface area contributed by atoms with Gasteiger partial charge in [0, 0.05) is 12.1 Å². The molecule has 0 saturated heterocycles. The molecule has 0 aliphatic rings. The molecule has 1 aromatic rings. The third kappa shape index (κ3) is 2.18. The van der Waals surface area contributed by atoms with Crippen molar-refractivity contribution in [3.63, 3.8) is 0 Å². The quantitative estimate of drug-likeness (QED) is 0.769. The molecule has 0 atom stereocenters. The largest absolute Gasteiger partial charge is 0.496 e. The standard InChI is InChI=1S/C10H14FNO/c1-12-7-8-4-3-5-10(13-2)9(8)6-11/h3-5,12H,6-7H2,1-2H3. The van der Waals surface area contributed by atoms with Crippen LogP contribution in [0.25, 0.3) is 0 Å². The molecule has 3 heteroatoms. The number of methoxy groups -OCH3 is 1. The van der Waals surface area contributed by atoms with Crippen LogP contribution in [-0.4, -0.2) is 14.2 Å². The normalized spacial score (nSPS) is 10.1. The van der Waals surface area contributed by atoms with Crippen LogP contribution in [0.4, 0.5) is 4.39 Å².